The second-order valence-corrected chi connectivity index (χ2v) is 7.99. The molecule has 0 bridgehead atoms. The number of nitrogens with one attached hydrogen (secondary N) is 2. The van der Waals surface area contributed by atoms with Crippen LogP contribution in [0, 0.1) is 17.8 Å². The maximum Gasteiger partial charge on any atom is 0.223 e. The molecule has 3 rings (SSSR count). The molecule has 2 amide bonds. The third-order valence-electron chi connectivity index (χ3n) is 6.14. The third kappa shape index (κ3) is 4.87. The van der Waals surface area contributed by atoms with Crippen LogP contribution in [0.15, 0.2) is 30.3 Å². The molecule has 4 heteroatoms. The van der Waals surface area contributed by atoms with Crippen LogP contribution in [-0.4, -0.2) is 17.9 Å². The van der Waals surface area contributed by atoms with Crippen LogP contribution in [0.1, 0.15) is 63.9 Å². The molecule has 2 N–H and O–H groups in total. The Balaban J connectivity index is 1.57. The second-order valence-electron chi connectivity index (χ2n) is 7.99. The van der Waals surface area contributed by atoms with Gasteiger partial charge in [-0.25, -0.2) is 0 Å². The molecule has 2 fully saturated rings. The molecule has 2 aliphatic rings. The van der Waals surface area contributed by atoms with E-state index in [0.29, 0.717) is 24.8 Å². The molecular weight excluding hydrogens is 324 g/mol. The first-order valence-electron chi connectivity index (χ1n) is 10.3. The summed E-state index contributed by atoms with van der Waals surface area (Å²) in [5, 5.41) is 6.36. The second kappa shape index (κ2) is 9.20. The Morgan fingerprint density at radius 3 is 2.65 bits per heavy atom. The van der Waals surface area contributed by atoms with Gasteiger partial charge < -0.3 is 10.6 Å². The number of carbonyl (C=O) groups excluding carboxylic acids is 2. The Hall–Kier alpha value is -1.84. The van der Waals surface area contributed by atoms with E-state index in [4.69, 9.17) is 0 Å². The van der Waals surface area contributed by atoms with E-state index >= 15 is 0 Å². The Kier molecular flexibility index (Phi) is 6.70. The highest BCUT2D eigenvalue weighted by Gasteiger charge is 2.42. The predicted octanol–water partition coefficient (Wildman–Crippen LogP) is 3.80. The van der Waals surface area contributed by atoms with E-state index in [1.807, 2.05) is 37.3 Å². The van der Waals surface area contributed by atoms with Crippen molar-refractivity contribution in [2.45, 2.75) is 70.9 Å². The van der Waals surface area contributed by atoms with Gasteiger partial charge in [-0.2, -0.15) is 0 Å². The highest BCUT2D eigenvalue weighted by Crippen LogP contribution is 2.45. The molecule has 0 saturated heterocycles. The van der Waals surface area contributed by atoms with Crippen molar-refractivity contribution in [1.29, 1.82) is 0 Å². The van der Waals surface area contributed by atoms with Gasteiger partial charge in [0.15, 0.2) is 0 Å². The SMILES string of the molecule is CCCC(=O)N[C@H]1CCC[C@H]2CC[C@@H](C(=O)NCc3ccccc3)[C@H]2C1. The van der Waals surface area contributed by atoms with Crippen molar-refractivity contribution in [1.82, 2.24) is 10.6 Å². The van der Waals surface area contributed by atoms with Crippen LogP contribution in [0.25, 0.3) is 0 Å². The Morgan fingerprint density at radius 2 is 1.88 bits per heavy atom. The minimum Gasteiger partial charge on any atom is -0.353 e. The van der Waals surface area contributed by atoms with Crippen molar-refractivity contribution in [3.63, 3.8) is 0 Å². The van der Waals surface area contributed by atoms with Crippen molar-refractivity contribution in [3.8, 4) is 0 Å². The molecule has 0 aromatic heterocycles. The topological polar surface area (TPSA) is 58.2 Å². The van der Waals surface area contributed by atoms with Crippen LogP contribution in [0.5, 0.6) is 0 Å². The fourth-order valence-corrected chi connectivity index (χ4v) is 4.84. The minimum atomic E-state index is 0.104. The summed E-state index contributed by atoms with van der Waals surface area (Å²) in [5.41, 5.74) is 1.14. The van der Waals surface area contributed by atoms with Gasteiger partial charge in [-0.3, -0.25) is 9.59 Å². The first kappa shape index (κ1) is 18.9. The van der Waals surface area contributed by atoms with E-state index in [9.17, 15) is 9.59 Å². The Morgan fingerprint density at radius 1 is 1.08 bits per heavy atom. The predicted molar refractivity (Wildman–Crippen MR) is 103 cm³/mol. The number of amides is 2. The Bertz CT molecular complexity index is 601. The standard InChI is InChI=1S/C22H32N2O2/c1-2-7-21(25)24-18-11-6-10-17-12-13-19(20(17)14-18)22(26)23-15-16-8-4-3-5-9-16/h3-5,8-9,17-20H,2,6-7,10-15H2,1H3,(H,23,26)(H,24,25)/t17-,18-,19+,20-/m0/s1. The molecule has 0 aliphatic heterocycles. The molecule has 1 aromatic carbocycles. The van der Waals surface area contributed by atoms with Crippen molar-refractivity contribution in [2.24, 2.45) is 17.8 Å². The Labute approximate surface area is 157 Å². The first-order valence-corrected chi connectivity index (χ1v) is 10.3. The molecular formula is C22H32N2O2. The summed E-state index contributed by atoms with van der Waals surface area (Å²) in [5.74, 6) is 1.53. The van der Waals surface area contributed by atoms with Gasteiger partial charge in [0.25, 0.3) is 0 Å². The van der Waals surface area contributed by atoms with Gasteiger partial charge in [0.05, 0.1) is 0 Å². The number of hydrogen-bond donors (Lipinski definition) is 2. The van der Waals surface area contributed by atoms with Gasteiger partial charge in [0.2, 0.25) is 11.8 Å². The molecule has 0 spiro atoms. The lowest BCUT2D eigenvalue weighted by Crippen LogP contribution is -2.39. The van der Waals surface area contributed by atoms with Gasteiger partial charge in [0.1, 0.15) is 0 Å². The van der Waals surface area contributed by atoms with E-state index in [1.165, 1.54) is 6.42 Å². The van der Waals surface area contributed by atoms with Crippen molar-refractivity contribution in [3.05, 3.63) is 35.9 Å². The van der Waals surface area contributed by atoms with Crippen LogP contribution in [0.2, 0.25) is 0 Å². The smallest absolute Gasteiger partial charge is 0.223 e. The molecule has 2 saturated carbocycles. The van der Waals surface area contributed by atoms with Crippen LogP contribution in [-0.2, 0) is 16.1 Å². The summed E-state index contributed by atoms with van der Waals surface area (Å²) in [7, 11) is 0. The number of benzene rings is 1. The molecule has 4 nitrogen and oxygen atoms in total. The zero-order valence-corrected chi connectivity index (χ0v) is 15.9. The maximum absolute atomic E-state index is 12.8. The molecule has 1 aromatic rings. The van der Waals surface area contributed by atoms with Crippen molar-refractivity contribution < 1.29 is 9.59 Å². The number of fused-ring (bicyclic) bond motifs is 1. The average molecular weight is 357 g/mol. The lowest BCUT2D eigenvalue weighted by Gasteiger charge is -2.26. The van der Waals surface area contributed by atoms with Gasteiger partial charge in [-0.15, -0.1) is 0 Å². The first-order chi connectivity index (χ1) is 12.7. The van der Waals surface area contributed by atoms with E-state index in [-0.39, 0.29) is 23.8 Å². The summed E-state index contributed by atoms with van der Waals surface area (Å²) >= 11 is 0. The molecule has 0 radical (unpaired) electrons. The van der Waals surface area contributed by atoms with Crippen molar-refractivity contribution in [2.75, 3.05) is 0 Å². The summed E-state index contributed by atoms with van der Waals surface area (Å²) in [6, 6.07) is 10.3. The third-order valence-corrected chi connectivity index (χ3v) is 6.14. The monoisotopic (exact) mass is 356 g/mol. The summed E-state index contributed by atoms with van der Waals surface area (Å²) in [4.78, 5) is 24.8. The zero-order chi connectivity index (χ0) is 18.4. The molecule has 4 atom stereocenters. The van der Waals surface area contributed by atoms with E-state index < -0.39 is 0 Å². The number of rotatable bonds is 6. The quantitative estimate of drug-likeness (QED) is 0.814. The molecule has 2 aliphatic carbocycles. The van der Waals surface area contributed by atoms with E-state index in [1.54, 1.807) is 0 Å². The maximum atomic E-state index is 12.8. The van der Waals surface area contributed by atoms with Gasteiger partial charge in [-0.05, 0) is 49.5 Å². The summed E-state index contributed by atoms with van der Waals surface area (Å²) < 4.78 is 0. The zero-order valence-electron chi connectivity index (χ0n) is 15.9. The van der Waals surface area contributed by atoms with Crippen molar-refractivity contribution >= 4 is 11.8 Å². The highest BCUT2D eigenvalue weighted by atomic mass is 16.2. The number of hydrogen-bond acceptors (Lipinski definition) is 2. The van der Waals surface area contributed by atoms with Gasteiger partial charge >= 0.3 is 0 Å². The number of carbonyl (C=O) groups is 2. The molecule has 26 heavy (non-hydrogen) atoms. The van der Waals surface area contributed by atoms with E-state index in [0.717, 1.165) is 44.1 Å². The fraction of sp³-hybridized carbons (Fsp3) is 0.636. The summed E-state index contributed by atoms with van der Waals surface area (Å²) in [6.45, 7) is 2.64. The van der Waals surface area contributed by atoms with Crippen LogP contribution < -0.4 is 10.6 Å². The minimum absolute atomic E-state index is 0.104. The average Bonchev–Trinajstić information content (AvgIpc) is 2.93. The summed E-state index contributed by atoms with van der Waals surface area (Å²) in [6.07, 6.45) is 8.02. The van der Waals surface area contributed by atoms with Gasteiger partial charge in [0, 0.05) is 24.9 Å². The van der Waals surface area contributed by atoms with Crippen LogP contribution >= 0.6 is 0 Å². The highest BCUT2D eigenvalue weighted by molar-refractivity contribution is 5.79. The fourth-order valence-electron chi connectivity index (χ4n) is 4.84. The molecule has 0 unspecified atom stereocenters. The lowest BCUT2D eigenvalue weighted by molar-refractivity contribution is -0.126. The lowest BCUT2D eigenvalue weighted by atomic mass is 9.84. The van der Waals surface area contributed by atoms with Crippen LogP contribution in [0.4, 0.5) is 0 Å². The normalized spacial score (nSPS) is 28.0. The van der Waals surface area contributed by atoms with Gasteiger partial charge in [-0.1, -0.05) is 50.1 Å². The largest absolute Gasteiger partial charge is 0.353 e. The van der Waals surface area contributed by atoms with Crippen LogP contribution in [0.3, 0.4) is 0 Å². The van der Waals surface area contributed by atoms with E-state index in [2.05, 4.69) is 10.6 Å². The molecule has 142 valence electrons. The molecule has 0 heterocycles.